The zero-order valence-electron chi connectivity index (χ0n) is 11.6. The molecule has 108 valence electrons. The number of aromatic nitrogens is 2. The van der Waals surface area contributed by atoms with E-state index in [4.69, 9.17) is 5.11 Å². The number of aliphatic hydroxyl groups excluding tert-OH is 1. The highest BCUT2D eigenvalue weighted by Crippen LogP contribution is 2.28. The first-order valence-corrected chi connectivity index (χ1v) is 6.76. The van der Waals surface area contributed by atoms with Crippen molar-refractivity contribution in [2.24, 2.45) is 0 Å². The highest BCUT2D eigenvalue weighted by Gasteiger charge is 2.35. The van der Waals surface area contributed by atoms with Gasteiger partial charge in [0, 0.05) is 0 Å². The van der Waals surface area contributed by atoms with Gasteiger partial charge in [0.1, 0.15) is 4.47 Å². The minimum absolute atomic E-state index is 0.145. The van der Waals surface area contributed by atoms with E-state index in [0.29, 0.717) is 10.2 Å². The van der Waals surface area contributed by atoms with Crippen molar-refractivity contribution in [2.45, 2.75) is 45.4 Å². The van der Waals surface area contributed by atoms with E-state index in [2.05, 4.69) is 26.3 Å². The second kappa shape index (κ2) is 5.60. The molecule has 19 heavy (non-hydrogen) atoms. The zero-order valence-corrected chi connectivity index (χ0v) is 13.2. The van der Waals surface area contributed by atoms with Gasteiger partial charge in [-0.2, -0.15) is 5.10 Å². The smallest absolute Gasteiger partial charge is 0.283 e. The van der Waals surface area contributed by atoms with E-state index in [1.165, 1.54) is 10.9 Å². The van der Waals surface area contributed by atoms with Crippen LogP contribution in [0.3, 0.4) is 0 Å². The summed E-state index contributed by atoms with van der Waals surface area (Å²) in [6, 6.07) is 0. The van der Waals surface area contributed by atoms with Crippen LogP contribution >= 0.6 is 15.9 Å². The van der Waals surface area contributed by atoms with Gasteiger partial charge in [0.15, 0.2) is 0 Å². The van der Waals surface area contributed by atoms with E-state index >= 15 is 0 Å². The fraction of sp³-hybridized carbons (Fsp3) is 0.667. The Morgan fingerprint density at radius 3 is 2.47 bits per heavy atom. The molecular formula is C12H20BrN3O3. The van der Waals surface area contributed by atoms with E-state index in [1.54, 1.807) is 13.8 Å². The number of aliphatic hydroxyl groups is 2. The molecule has 7 heteroatoms. The largest absolute Gasteiger partial charge is 0.394 e. The molecule has 1 rings (SSSR count). The van der Waals surface area contributed by atoms with Crippen molar-refractivity contribution in [3.63, 3.8) is 0 Å². The van der Waals surface area contributed by atoms with Crippen LogP contribution in [0.4, 0.5) is 5.69 Å². The van der Waals surface area contributed by atoms with Crippen LogP contribution in [0.1, 0.15) is 27.7 Å². The first-order chi connectivity index (χ1) is 8.60. The van der Waals surface area contributed by atoms with Gasteiger partial charge < -0.3 is 15.5 Å². The molecule has 0 aliphatic carbocycles. The summed E-state index contributed by atoms with van der Waals surface area (Å²) >= 11 is 3.22. The SMILES string of the molecule is CC(C)(O)C(C)(C)Nc1cnn(CCO)c(=O)c1Br. The minimum Gasteiger partial charge on any atom is -0.394 e. The van der Waals surface area contributed by atoms with Crippen molar-refractivity contribution in [2.75, 3.05) is 11.9 Å². The van der Waals surface area contributed by atoms with Gasteiger partial charge in [0.25, 0.3) is 5.56 Å². The Kier molecular flexibility index (Phi) is 4.76. The number of halogens is 1. The van der Waals surface area contributed by atoms with Crippen molar-refractivity contribution < 1.29 is 10.2 Å². The Hall–Kier alpha value is -0.920. The highest BCUT2D eigenvalue weighted by atomic mass is 79.9. The van der Waals surface area contributed by atoms with Gasteiger partial charge in [0.2, 0.25) is 0 Å². The summed E-state index contributed by atoms with van der Waals surface area (Å²) in [6.45, 7) is 7.04. The molecule has 1 heterocycles. The van der Waals surface area contributed by atoms with Gasteiger partial charge in [-0.15, -0.1) is 0 Å². The number of hydrogen-bond donors (Lipinski definition) is 3. The standard InChI is InChI=1S/C12H20BrN3O3/c1-11(2,12(3,4)19)15-8-7-14-16(5-6-17)10(18)9(8)13/h7,15,17,19H,5-6H2,1-4H3. The maximum absolute atomic E-state index is 12.0. The molecule has 0 radical (unpaired) electrons. The lowest BCUT2D eigenvalue weighted by Crippen LogP contribution is -2.51. The van der Waals surface area contributed by atoms with Crippen molar-refractivity contribution in [3.8, 4) is 0 Å². The van der Waals surface area contributed by atoms with Crippen LogP contribution < -0.4 is 10.9 Å². The predicted molar refractivity (Wildman–Crippen MR) is 77.3 cm³/mol. The number of rotatable bonds is 5. The summed E-state index contributed by atoms with van der Waals surface area (Å²) in [5.41, 5.74) is -1.45. The Bertz CT molecular complexity index is 506. The van der Waals surface area contributed by atoms with Crippen LogP contribution in [-0.2, 0) is 6.54 Å². The number of nitrogens with one attached hydrogen (secondary N) is 1. The molecule has 0 aromatic carbocycles. The van der Waals surface area contributed by atoms with Gasteiger partial charge in [-0.05, 0) is 43.6 Å². The first kappa shape index (κ1) is 16.1. The third-order valence-corrected chi connectivity index (χ3v) is 4.04. The van der Waals surface area contributed by atoms with Crippen molar-refractivity contribution >= 4 is 21.6 Å². The summed E-state index contributed by atoms with van der Waals surface area (Å²) in [4.78, 5) is 12.0. The molecule has 0 amide bonds. The molecule has 0 saturated heterocycles. The maximum atomic E-state index is 12.0. The third kappa shape index (κ3) is 3.55. The molecule has 0 bridgehead atoms. The van der Waals surface area contributed by atoms with Crippen LogP contribution in [0, 0.1) is 0 Å². The number of anilines is 1. The average Bonchev–Trinajstić information content (AvgIpc) is 2.27. The van der Waals surface area contributed by atoms with E-state index in [1.807, 2.05) is 13.8 Å². The normalized spacial score (nSPS) is 12.6. The molecule has 3 N–H and O–H groups in total. The van der Waals surface area contributed by atoms with Gasteiger partial charge in [-0.25, -0.2) is 4.68 Å². The van der Waals surface area contributed by atoms with Gasteiger partial charge >= 0.3 is 0 Å². The van der Waals surface area contributed by atoms with Crippen molar-refractivity contribution in [1.82, 2.24) is 9.78 Å². The molecule has 1 aromatic rings. The number of hydrogen-bond acceptors (Lipinski definition) is 5. The quantitative estimate of drug-likeness (QED) is 0.747. The van der Waals surface area contributed by atoms with Gasteiger partial charge in [-0.1, -0.05) is 0 Å². The Balaban J connectivity index is 3.11. The molecule has 0 atom stereocenters. The molecule has 0 fully saturated rings. The molecule has 6 nitrogen and oxygen atoms in total. The molecule has 1 aromatic heterocycles. The summed E-state index contributed by atoms with van der Waals surface area (Å²) < 4.78 is 1.50. The summed E-state index contributed by atoms with van der Waals surface area (Å²) in [5, 5.41) is 26.0. The fourth-order valence-corrected chi connectivity index (χ4v) is 1.70. The van der Waals surface area contributed by atoms with Crippen LogP contribution in [-0.4, -0.2) is 37.7 Å². The third-order valence-electron chi connectivity index (χ3n) is 3.27. The molecule has 0 aliphatic heterocycles. The monoisotopic (exact) mass is 333 g/mol. The summed E-state index contributed by atoms with van der Waals surface area (Å²) in [6.07, 6.45) is 1.49. The van der Waals surface area contributed by atoms with Crippen molar-refractivity contribution in [3.05, 3.63) is 21.0 Å². The van der Waals surface area contributed by atoms with Crippen LogP contribution in [0.5, 0.6) is 0 Å². The Labute approximate surface area is 120 Å². The highest BCUT2D eigenvalue weighted by molar-refractivity contribution is 9.10. The fourth-order valence-electron chi connectivity index (χ4n) is 1.30. The minimum atomic E-state index is -0.980. The summed E-state index contributed by atoms with van der Waals surface area (Å²) in [5.74, 6) is 0. The summed E-state index contributed by atoms with van der Waals surface area (Å²) in [7, 11) is 0. The van der Waals surface area contributed by atoms with Crippen molar-refractivity contribution in [1.29, 1.82) is 0 Å². The Morgan fingerprint density at radius 1 is 1.42 bits per heavy atom. The second-order valence-corrected chi connectivity index (χ2v) is 6.23. The van der Waals surface area contributed by atoms with Crippen LogP contribution in [0.25, 0.3) is 0 Å². The van der Waals surface area contributed by atoms with Crippen LogP contribution in [0.15, 0.2) is 15.5 Å². The zero-order chi connectivity index (χ0) is 14.8. The molecule has 0 spiro atoms. The van der Waals surface area contributed by atoms with E-state index < -0.39 is 11.1 Å². The van der Waals surface area contributed by atoms with Gasteiger partial charge in [-0.3, -0.25) is 4.79 Å². The Morgan fingerprint density at radius 2 is 2.00 bits per heavy atom. The first-order valence-electron chi connectivity index (χ1n) is 5.97. The topological polar surface area (TPSA) is 87.4 Å². The average molecular weight is 334 g/mol. The lowest BCUT2D eigenvalue weighted by molar-refractivity contribution is 0.0240. The molecular weight excluding hydrogens is 314 g/mol. The van der Waals surface area contributed by atoms with Crippen LogP contribution in [0.2, 0.25) is 0 Å². The number of nitrogens with zero attached hydrogens (tertiary/aromatic N) is 2. The lowest BCUT2D eigenvalue weighted by Gasteiger charge is -2.38. The molecule has 0 aliphatic rings. The van der Waals surface area contributed by atoms with E-state index in [-0.39, 0.29) is 18.7 Å². The molecule has 0 unspecified atom stereocenters. The predicted octanol–water partition coefficient (Wildman–Crippen LogP) is 0.959. The molecule has 0 saturated carbocycles. The second-order valence-electron chi connectivity index (χ2n) is 5.43. The lowest BCUT2D eigenvalue weighted by atomic mass is 9.86. The van der Waals surface area contributed by atoms with E-state index in [0.717, 1.165) is 0 Å². The maximum Gasteiger partial charge on any atom is 0.283 e. The van der Waals surface area contributed by atoms with E-state index in [9.17, 15) is 9.90 Å². The van der Waals surface area contributed by atoms with Gasteiger partial charge in [0.05, 0.1) is 36.2 Å².